The van der Waals surface area contributed by atoms with E-state index in [9.17, 15) is 22.8 Å². The van der Waals surface area contributed by atoms with Crippen LogP contribution in [0.5, 0.6) is 5.75 Å². The molecule has 1 heterocycles. The lowest BCUT2D eigenvalue weighted by atomic mass is 9.99. The molecule has 0 saturated carbocycles. The molecule has 0 aliphatic rings. The van der Waals surface area contributed by atoms with Crippen LogP contribution in [0.3, 0.4) is 0 Å². The van der Waals surface area contributed by atoms with Crippen LogP contribution in [0.1, 0.15) is 16.7 Å². The Labute approximate surface area is 207 Å². The number of halogens is 1. The van der Waals surface area contributed by atoms with Gasteiger partial charge in [-0.1, -0.05) is 23.7 Å². The van der Waals surface area contributed by atoms with Crippen molar-refractivity contribution >= 4 is 50.4 Å². The molecule has 35 heavy (non-hydrogen) atoms. The van der Waals surface area contributed by atoms with Crippen LogP contribution < -0.4 is 20.0 Å². The largest absolute Gasteiger partial charge is 0.422 e. The van der Waals surface area contributed by atoms with Crippen LogP contribution in [0.4, 0.5) is 15.3 Å². The first-order chi connectivity index (χ1) is 16.3. The molecule has 2 aromatic carbocycles. The van der Waals surface area contributed by atoms with E-state index >= 15 is 0 Å². The van der Waals surface area contributed by atoms with E-state index < -0.39 is 27.8 Å². The summed E-state index contributed by atoms with van der Waals surface area (Å²) in [6.07, 6.45) is 0.394. The standard InChI is InChI=1S/C23H24ClN3O7S/c1-13-16-11-18(24)20(34-23(30)26(3)4)12-19(16)33-21(28)17(13)10-14-7-6-8-15(9-14)27(22(29)25-2)35(5,31)32/h6-9,11-12H,10H2,1-5H3,(H,25,29). The van der Waals surface area contributed by atoms with Crippen molar-refractivity contribution in [3.63, 3.8) is 0 Å². The van der Waals surface area contributed by atoms with E-state index in [1.165, 1.54) is 44.2 Å². The number of fused-ring (bicyclic) bond motifs is 1. The van der Waals surface area contributed by atoms with Crippen molar-refractivity contribution in [1.29, 1.82) is 0 Å². The van der Waals surface area contributed by atoms with Crippen molar-refractivity contribution in [2.45, 2.75) is 13.3 Å². The fraction of sp³-hybridized carbons (Fsp3) is 0.261. The lowest BCUT2D eigenvalue weighted by molar-refractivity contribution is 0.172. The van der Waals surface area contributed by atoms with Gasteiger partial charge in [-0.15, -0.1) is 0 Å². The molecule has 0 fully saturated rings. The molecule has 0 aliphatic heterocycles. The molecule has 0 aliphatic carbocycles. The molecule has 3 rings (SSSR count). The van der Waals surface area contributed by atoms with Gasteiger partial charge in [0.15, 0.2) is 5.75 Å². The molecular weight excluding hydrogens is 498 g/mol. The molecule has 3 aromatic rings. The first-order valence-corrected chi connectivity index (χ1v) is 12.5. The number of hydrogen-bond acceptors (Lipinski definition) is 7. The molecule has 0 radical (unpaired) electrons. The number of carbonyl (C=O) groups is 2. The van der Waals surface area contributed by atoms with Gasteiger partial charge in [-0.2, -0.15) is 4.31 Å². The van der Waals surface area contributed by atoms with E-state index in [2.05, 4.69) is 5.32 Å². The zero-order chi connectivity index (χ0) is 26.1. The summed E-state index contributed by atoms with van der Waals surface area (Å²) in [7, 11) is 0.467. The average Bonchev–Trinajstić information content (AvgIpc) is 2.77. The van der Waals surface area contributed by atoms with Crippen LogP contribution in [-0.4, -0.2) is 52.8 Å². The smallest absolute Gasteiger partial charge is 0.414 e. The van der Waals surface area contributed by atoms with Gasteiger partial charge in [0.25, 0.3) is 0 Å². The lowest BCUT2D eigenvalue weighted by Gasteiger charge is -2.20. The highest BCUT2D eigenvalue weighted by molar-refractivity contribution is 7.92. The monoisotopic (exact) mass is 521 g/mol. The van der Waals surface area contributed by atoms with Crippen molar-refractivity contribution in [1.82, 2.24) is 10.2 Å². The third kappa shape index (κ3) is 5.57. The summed E-state index contributed by atoms with van der Waals surface area (Å²) in [5.41, 5.74) is 1.22. The van der Waals surface area contributed by atoms with E-state index in [0.717, 1.165) is 6.26 Å². The third-order valence-corrected chi connectivity index (χ3v) is 6.49. The second-order valence-corrected chi connectivity index (χ2v) is 10.2. The van der Waals surface area contributed by atoms with E-state index in [0.29, 0.717) is 26.4 Å². The number of rotatable bonds is 5. The summed E-state index contributed by atoms with van der Waals surface area (Å²) in [4.78, 5) is 38.1. The summed E-state index contributed by atoms with van der Waals surface area (Å²) in [5.74, 6) is 0.0518. The van der Waals surface area contributed by atoms with Gasteiger partial charge < -0.3 is 19.4 Å². The molecular formula is C23H24ClN3O7S. The third-order valence-electron chi connectivity index (χ3n) is 5.16. The van der Waals surface area contributed by atoms with Crippen molar-refractivity contribution in [2.24, 2.45) is 0 Å². The molecule has 1 aromatic heterocycles. The zero-order valence-corrected chi connectivity index (χ0v) is 21.3. The summed E-state index contributed by atoms with van der Waals surface area (Å²) in [6.45, 7) is 1.73. The SMILES string of the molecule is CNC(=O)N(c1cccc(Cc2c(C)c3cc(Cl)c(OC(=O)N(C)C)cc3oc2=O)c1)S(C)(=O)=O. The summed E-state index contributed by atoms with van der Waals surface area (Å²) in [5, 5.41) is 3.01. The molecule has 3 amide bonds. The van der Waals surface area contributed by atoms with Crippen LogP contribution in [0.2, 0.25) is 5.02 Å². The number of sulfonamides is 1. The Bertz CT molecular complexity index is 1480. The number of urea groups is 1. The highest BCUT2D eigenvalue weighted by atomic mass is 35.5. The summed E-state index contributed by atoms with van der Waals surface area (Å²) in [6, 6.07) is 8.39. The Kier molecular flexibility index (Phi) is 7.41. The lowest BCUT2D eigenvalue weighted by Crippen LogP contribution is -2.42. The number of benzene rings is 2. The van der Waals surface area contributed by atoms with Gasteiger partial charge >= 0.3 is 17.7 Å². The predicted molar refractivity (Wildman–Crippen MR) is 133 cm³/mol. The van der Waals surface area contributed by atoms with Gasteiger partial charge in [-0.05, 0) is 36.2 Å². The maximum atomic E-state index is 12.8. The Morgan fingerprint density at radius 1 is 1.17 bits per heavy atom. The number of ether oxygens (including phenoxy) is 1. The van der Waals surface area contributed by atoms with Gasteiger partial charge in [-0.3, -0.25) is 0 Å². The molecule has 12 heteroatoms. The highest BCUT2D eigenvalue weighted by Crippen LogP contribution is 2.33. The van der Waals surface area contributed by atoms with Crippen molar-refractivity contribution in [3.05, 3.63) is 68.5 Å². The van der Waals surface area contributed by atoms with Gasteiger partial charge in [0.2, 0.25) is 10.0 Å². The second-order valence-electron chi connectivity index (χ2n) is 7.96. The Hall–Kier alpha value is -3.57. The van der Waals surface area contributed by atoms with Gasteiger partial charge in [0.05, 0.1) is 17.0 Å². The molecule has 0 spiro atoms. The van der Waals surface area contributed by atoms with Gasteiger partial charge in [0.1, 0.15) is 5.58 Å². The Balaban J connectivity index is 2.04. The van der Waals surface area contributed by atoms with E-state index in [-0.39, 0.29) is 28.5 Å². The van der Waals surface area contributed by atoms with Crippen molar-refractivity contribution < 1.29 is 27.2 Å². The predicted octanol–water partition coefficient (Wildman–Crippen LogP) is 3.51. The van der Waals surface area contributed by atoms with Crippen LogP contribution >= 0.6 is 11.6 Å². The van der Waals surface area contributed by atoms with E-state index in [1.807, 2.05) is 0 Å². The number of nitrogens with zero attached hydrogens (tertiary/aromatic N) is 2. The first kappa shape index (κ1) is 26.0. The molecule has 0 bridgehead atoms. The first-order valence-electron chi connectivity index (χ1n) is 10.3. The molecule has 0 unspecified atom stereocenters. The van der Waals surface area contributed by atoms with E-state index in [4.69, 9.17) is 20.8 Å². The molecule has 0 atom stereocenters. The summed E-state index contributed by atoms with van der Waals surface area (Å²) < 4.78 is 35.7. The fourth-order valence-corrected chi connectivity index (χ4v) is 4.51. The minimum atomic E-state index is -3.90. The van der Waals surface area contributed by atoms with Crippen LogP contribution in [-0.2, 0) is 16.4 Å². The number of amides is 3. The highest BCUT2D eigenvalue weighted by Gasteiger charge is 2.25. The minimum Gasteiger partial charge on any atom is -0.422 e. The van der Waals surface area contributed by atoms with Crippen LogP contribution in [0.25, 0.3) is 11.0 Å². The number of carbonyl (C=O) groups excluding carboxylic acids is 2. The van der Waals surface area contributed by atoms with Crippen LogP contribution in [0, 0.1) is 6.92 Å². The number of aryl methyl sites for hydroxylation is 1. The maximum absolute atomic E-state index is 12.8. The number of hydrogen-bond donors (Lipinski definition) is 1. The van der Waals surface area contributed by atoms with Crippen molar-refractivity contribution in [2.75, 3.05) is 31.7 Å². The topological polar surface area (TPSA) is 126 Å². The molecule has 0 saturated heterocycles. The van der Waals surface area contributed by atoms with Gasteiger partial charge in [0, 0.05) is 44.6 Å². The quantitative estimate of drug-likeness (QED) is 0.509. The molecule has 186 valence electrons. The minimum absolute atomic E-state index is 0.0518. The number of anilines is 1. The second kappa shape index (κ2) is 9.96. The maximum Gasteiger partial charge on any atom is 0.414 e. The molecule has 10 nitrogen and oxygen atoms in total. The summed E-state index contributed by atoms with van der Waals surface area (Å²) >= 11 is 6.30. The van der Waals surface area contributed by atoms with Crippen molar-refractivity contribution in [3.8, 4) is 5.75 Å². The average molecular weight is 522 g/mol. The number of nitrogens with one attached hydrogen (secondary N) is 1. The molecule has 1 N–H and O–H groups in total. The Morgan fingerprint density at radius 3 is 2.46 bits per heavy atom. The van der Waals surface area contributed by atoms with E-state index in [1.54, 1.807) is 25.1 Å². The Morgan fingerprint density at radius 2 is 1.86 bits per heavy atom. The van der Waals surface area contributed by atoms with Gasteiger partial charge in [-0.25, -0.2) is 22.8 Å². The fourth-order valence-electron chi connectivity index (χ4n) is 3.42. The normalized spacial score (nSPS) is 11.3. The van der Waals surface area contributed by atoms with Crippen LogP contribution in [0.15, 0.2) is 45.6 Å². The zero-order valence-electron chi connectivity index (χ0n) is 19.7.